The number of aryl methyl sites for hydroxylation is 1. The fourth-order valence-corrected chi connectivity index (χ4v) is 3.75. The highest BCUT2D eigenvalue weighted by Crippen LogP contribution is 2.39. The van der Waals surface area contributed by atoms with Crippen molar-refractivity contribution in [1.29, 1.82) is 0 Å². The first-order chi connectivity index (χ1) is 9.26. The Kier molecular flexibility index (Phi) is 3.72. The molecule has 102 valence electrons. The van der Waals surface area contributed by atoms with Gasteiger partial charge in [-0.05, 0) is 73.6 Å². The fraction of sp³-hybridized carbons (Fsp3) is 0.556. The van der Waals surface area contributed by atoms with Gasteiger partial charge in [0, 0.05) is 0 Å². The van der Waals surface area contributed by atoms with Gasteiger partial charge in [0.1, 0.15) is 5.82 Å². The second-order valence-electron chi connectivity index (χ2n) is 6.19. The highest BCUT2D eigenvalue weighted by Gasteiger charge is 2.24. The maximum Gasteiger partial charge on any atom is 0.123 e. The SMILES string of the molecule is CCC1CCC(C2=Cc3ccc(F)cc3CC2)CC1. The molecule has 0 heterocycles. The minimum Gasteiger partial charge on any atom is -0.207 e. The van der Waals surface area contributed by atoms with Gasteiger partial charge in [0.2, 0.25) is 0 Å². The largest absolute Gasteiger partial charge is 0.207 e. The first-order valence-corrected chi connectivity index (χ1v) is 7.75. The zero-order chi connectivity index (χ0) is 13.2. The smallest absolute Gasteiger partial charge is 0.123 e. The monoisotopic (exact) mass is 258 g/mol. The van der Waals surface area contributed by atoms with Gasteiger partial charge in [0.05, 0.1) is 0 Å². The summed E-state index contributed by atoms with van der Waals surface area (Å²) in [6.45, 7) is 2.32. The second kappa shape index (κ2) is 5.48. The molecule has 2 aliphatic carbocycles. The van der Waals surface area contributed by atoms with E-state index >= 15 is 0 Å². The third-order valence-corrected chi connectivity index (χ3v) is 5.08. The average molecular weight is 258 g/mol. The molecule has 0 saturated heterocycles. The van der Waals surface area contributed by atoms with Crippen LogP contribution in [-0.2, 0) is 6.42 Å². The van der Waals surface area contributed by atoms with Crippen LogP contribution >= 0.6 is 0 Å². The molecule has 1 saturated carbocycles. The number of rotatable bonds is 2. The van der Waals surface area contributed by atoms with E-state index in [9.17, 15) is 4.39 Å². The number of fused-ring (bicyclic) bond motifs is 1. The number of hydrogen-bond donors (Lipinski definition) is 0. The summed E-state index contributed by atoms with van der Waals surface area (Å²) in [4.78, 5) is 0. The van der Waals surface area contributed by atoms with Crippen molar-refractivity contribution < 1.29 is 4.39 Å². The Morgan fingerprint density at radius 1 is 1.11 bits per heavy atom. The van der Waals surface area contributed by atoms with E-state index in [-0.39, 0.29) is 5.82 Å². The van der Waals surface area contributed by atoms with Gasteiger partial charge in [-0.1, -0.05) is 31.1 Å². The second-order valence-corrected chi connectivity index (χ2v) is 6.19. The predicted molar refractivity (Wildman–Crippen MR) is 78.4 cm³/mol. The van der Waals surface area contributed by atoms with Gasteiger partial charge in [-0.3, -0.25) is 0 Å². The summed E-state index contributed by atoms with van der Waals surface area (Å²) in [5.41, 5.74) is 4.06. The quantitative estimate of drug-likeness (QED) is 0.669. The number of allylic oxidation sites excluding steroid dienone is 1. The lowest BCUT2D eigenvalue weighted by atomic mass is 9.74. The molecule has 0 aliphatic heterocycles. The van der Waals surface area contributed by atoms with Crippen molar-refractivity contribution in [3.05, 3.63) is 40.7 Å². The lowest BCUT2D eigenvalue weighted by Crippen LogP contribution is -2.17. The Hall–Kier alpha value is -1.11. The van der Waals surface area contributed by atoms with Crippen LogP contribution in [0.3, 0.4) is 0 Å². The van der Waals surface area contributed by atoms with Crippen molar-refractivity contribution in [3.63, 3.8) is 0 Å². The lowest BCUT2D eigenvalue weighted by molar-refractivity contribution is 0.292. The summed E-state index contributed by atoms with van der Waals surface area (Å²) in [5, 5.41) is 0. The third-order valence-electron chi connectivity index (χ3n) is 5.08. The van der Waals surface area contributed by atoms with Gasteiger partial charge in [0.25, 0.3) is 0 Å². The Bertz CT molecular complexity index is 478. The molecular formula is C18H23F. The highest BCUT2D eigenvalue weighted by molar-refractivity contribution is 5.60. The molecule has 0 atom stereocenters. The number of halogens is 1. The van der Waals surface area contributed by atoms with E-state index in [2.05, 4.69) is 13.0 Å². The van der Waals surface area contributed by atoms with E-state index in [1.807, 2.05) is 6.07 Å². The first kappa shape index (κ1) is 12.9. The lowest BCUT2D eigenvalue weighted by Gasteiger charge is -2.31. The minimum absolute atomic E-state index is 0.0981. The number of benzene rings is 1. The van der Waals surface area contributed by atoms with Crippen molar-refractivity contribution in [2.24, 2.45) is 11.8 Å². The van der Waals surface area contributed by atoms with Crippen molar-refractivity contribution in [1.82, 2.24) is 0 Å². The van der Waals surface area contributed by atoms with Crippen LogP contribution in [-0.4, -0.2) is 0 Å². The molecule has 0 spiro atoms. The molecule has 2 aliphatic rings. The van der Waals surface area contributed by atoms with Crippen molar-refractivity contribution >= 4 is 6.08 Å². The summed E-state index contributed by atoms with van der Waals surface area (Å²) in [6, 6.07) is 5.24. The first-order valence-electron chi connectivity index (χ1n) is 7.75. The molecule has 3 rings (SSSR count). The summed E-state index contributed by atoms with van der Waals surface area (Å²) < 4.78 is 13.2. The molecule has 1 heteroatoms. The molecule has 19 heavy (non-hydrogen) atoms. The van der Waals surface area contributed by atoms with Crippen molar-refractivity contribution in [2.45, 2.75) is 51.9 Å². The normalized spacial score (nSPS) is 26.7. The molecule has 0 unspecified atom stereocenters. The maximum atomic E-state index is 13.2. The molecular weight excluding hydrogens is 235 g/mol. The van der Waals surface area contributed by atoms with E-state index < -0.39 is 0 Å². The predicted octanol–water partition coefficient (Wildman–Crippen LogP) is 5.37. The van der Waals surface area contributed by atoms with E-state index in [4.69, 9.17) is 0 Å². The van der Waals surface area contributed by atoms with Crippen LogP contribution in [0.1, 0.15) is 56.6 Å². The van der Waals surface area contributed by atoms with E-state index in [0.717, 1.165) is 24.7 Å². The van der Waals surface area contributed by atoms with Gasteiger partial charge >= 0.3 is 0 Å². The molecule has 0 bridgehead atoms. The molecule has 0 N–H and O–H groups in total. The highest BCUT2D eigenvalue weighted by atomic mass is 19.1. The third kappa shape index (κ3) is 2.75. The summed E-state index contributed by atoms with van der Waals surface area (Å²) in [6.07, 6.45) is 11.4. The summed E-state index contributed by atoms with van der Waals surface area (Å²) in [5.74, 6) is 1.65. The average Bonchev–Trinajstić information content (AvgIpc) is 2.47. The Morgan fingerprint density at radius 2 is 1.89 bits per heavy atom. The van der Waals surface area contributed by atoms with Crippen LogP contribution in [0.15, 0.2) is 23.8 Å². The zero-order valence-electron chi connectivity index (χ0n) is 11.8. The van der Waals surface area contributed by atoms with Gasteiger partial charge in [0.15, 0.2) is 0 Å². The minimum atomic E-state index is -0.0981. The summed E-state index contributed by atoms with van der Waals surface area (Å²) >= 11 is 0. The summed E-state index contributed by atoms with van der Waals surface area (Å²) in [7, 11) is 0. The molecule has 0 aromatic heterocycles. The Balaban J connectivity index is 1.75. The van der Waals surface area contributed by atoms with Crippen molar-refractivity contribution in [3.8, 4) is 0 Å². The van der Waals surface area contributed by atoms with Gasteiger partial charge in [-0.15, -0.1) is 0 Å². The number of hydrogen-bond acceptors (Lipinski definition) is 0. The molecule has 1 aromatic rings. The van der Waals surface area contributed by atoms with Crippen LogP contribution in [0.4, 0.5) is 4.39 Å². The van der Waals surface area contributed by atoms with Crippen LogP contribution < -0.4 is 0 Å². The van der Waals surface area contributed by atoms with Crippen molar-refractivity contribution in [2.75, 3.05) is 0 Å². The Labute approximate surface area is 115 Å². The topological polar surface area (TPSA) is 0 Å². The van der Waals surface area contributed by atoms with E-state index in [0.29, 0.717) is 0 Å². The fourth-order valence-electron chi connectivity index (χ4n) is 3.75. The molecule has 1 aromatic carbocycles. The molecule has 1 fully saturated rings. The standard InChI is InChI=1S/C18H23F/c1-2-13-3-5-14(6-4-13)15-7-8-17-12-18(19)10-9-16(17)11-15/h9-14H,2-8H2,1H3. The molecule has 0 nitrogen and oxygen atoms in total. The molecule has 0 radical (unpaired) electrons. The van der Waals surface area contributed by atoms with Gasteiger partial charge in [-0.25, -0.2) is 4.39 Å². The van der Waals surface area contributed by atoms with Gasteiger partial charge in [-0.2, -0.15) is 0 Å². The van der Waals surface area contributed by atoms with E-state index in [1.165, 1.54) is 43.2 Å². The van der Waals surface area contributed by atoms with Gasteiger partial charge < -0.3 is 0 Å². The van der Waals surface area contributed by atoms with Crippen LogP contribution in [0.25, 0.3) is 6.08 Å². The maximum absolute atomic E-state index is 13.2. The molecule has 0 amide bonds. The van der Waals surface area contributed by atoms with Crippen LogP contribution in [0, 0.1) is 17.7 Å². The van der Waals surface area contributed by atoms with E-state index in [1.54, 1.807) is 17.7 Å². The van der Waals surface area contributed by atoms with Crippen LogP contribution in [0.5, 0.6) is 0 Å². The zero-order valence-corrected chi connectivity index (χ0v) is 11.8. The Morgan fingerprint density at radius 3 is 2.63 bits per heavy atom. The van der Waals surface area contributed by atoms with Crippen LogP contribution in [0.2, 0.25) is 0 Å².